The summed E-state index contributed by atoms with van der Waals surface area (Å²) in [6, 6.07) is 19.7. The lowest BCUT2D eigenvalue weighted by Crippen LogP contribution is -2.16. The van der Waals surface area contributed by atoms with Crippen LogP contribution in [0.15, 0.2) is 60.7 Å². The molecule has 1 atom stereocenters. The van der Waals surface area contributed by atoms with Crippen molar-refractivity contribution in [2.45, 2.75) is 26.4 Å². The lowest BCUT2D eigenvalue weighted by molar-refractivity contribution is -0.117. The van der Waals surface area contributed by atoms with E-state index in [2.05, 4.69) is 24.4 Å². The summed E-state index contributed by atoms with van der Waals surface area (Å²) >= 11 is 0. The summed E-state index contributed by atoms with van der Waals surface area (Å²) in [6.07, 6.45) is 1.40. The smallest absolute Gasteiger partial charge is 0.224 e. The predicted molar refractivity (Wildman–Crippen MR) is 89.6 cm³/mol. The molecule has 116 valence electrons. The number of hydrogen-bond acceptors (Lipinski definition) is 2. The monoisotopic (exact) mass is 297 g/mol. The maximum absolute atomic E-state index is 11.9. The molecule has 0 spiro atoms. The van der Waals surface area contributed by atoms with E-state index in [0.717, 1.165) is 12.1 Å². The summed E-state index contributed by atoms with van der Waals surface area (Å²) in [7, 11) is 0. The van der Waals surface area contributed by atoms with Gasteiger partial charge in [-0.05, 0) is 30.0 Å². The van der Waals surface area contributed by atoms with Crippen molar-refractivity contribution < 1.29 is 9.53 Å². The predicted octanol–water partition coefficient (Wildman–Crippen LogP) is 4.26. The van der Waals surface area contributed by atoms with Gasteiger partial charge in [0.15, 0.2) is 0 Å². The van der Waals surface area contributed by atoms with Gasteiger partial charge in [-0.2, -0.15) is 0 Å². The molecule has 1 amide bonds. The number of hydrogen-bond donors (Lipinski definition) is 1. The number of benzene rings is 2. The summed E-state index contributed by atoms with van der Waals surface area (Å²) in [5.41, 5.74) is 2.03. The number of amides is 1. The average Bonchev–Trinajstić information content (AvgIpc) is 2.53. The molecule has 3 heteroatoms. The standard InChI is InChI=1S/C19H23NO2/c1-16(12-13-22-15-17-8-4-2-5-9-17)14-19(21)20-18-10-6-3-7-11-18/h2-11,16H,12-15H2,1H3,(H,20,21). The van der Waals surface area contributed by atoms with Crippen LogP contribution < -0.4 is 5.32 Å². The zero-order valence-corrected chi connectivity index (χ0v) is 13.0. The second-order valence-electron chi connectivity index (χ2n) is 5.55. The summed E-state index contributed by atoms with van der Waals surface area (Å²) in [6.45, 7) is 3.38. The van der Waals surface area contributed by atoms with Gasteiger partial charge in [0, 0.05) is 18.7 Å². The van der Waals surface area contributed by atoms with Crippen LogP contribution in [0.3, 0.4) is 0 Å². The molecule has 3 nitrogen and oxygen atoms in total. The van der Waals surface area contributed by atoms with Crippen LogP contribution >= 0.6 is 0 Å². The van der Waals surface area contributed by atoms with Crippen molar-refractivity contribution in [1.82, 2.24) is 0 Å². The zero-order valence-electron chi connectivity index (χ0n) is 13.0. The third kappa shape index (κ3) is 6.10. The van der Waals surface area contributed by atoms with E-state index < -0.39 is 0 Å². The third-order valence-corrected chi connectivity index (χ3v) is 3.46. The third-order valence-electron chi connectivity index (χ3n) is 3.46. The maximum atomic E-state index is 11.9. The van der Waals surface area contributed by atoms with Crippen molar-refractivity contribution in [2.24, 2.45) is 5.92 Å². The van der Waals surface area contributed by atoms with E-state index in [1.54, 1.807) is 0 Å². The molecule has 2 aromatic rings. The Hall–Kier alpha value is -2.13. The molecule has 0 aliphatic carbocycles. The molecule has 0 bridgehead atoms. The second-order valence-corrected chi connectivity index (χ2v) is 5.55. The SMILES string of the molecule is CC(CCOCc1ccccc1)CC(=O)Nc1ccccc1. The topological polar surface area (TPSA) is 38.3 Å². The van der Waals surface area contributed by atoms with Crippen LogP contribution in [0.5, 0.6) is 0 Å². The maximum Gasteiger partial charge on any atom is 0.224 e. The lowest BCUT2D eigenvalue weighted by Gasteiger charge is -2.12. The molecule has 1 unspecified atom stereocenters. The lowest BCUT2D eigenvalue weighted by atomic mass is 10.0. The Kier molecular flexibility index (Phi) is 6.65. The molecule has 0 radical (unpaired) electrons. The van der Waals surface area contributed by atoms with Crippen molar-refractivity contribution in [1.29, 1.82) is 0 Å². The van der Waals surface area contributed by atoms with Gasteiger partial charge in [-0.1, -0.05) is 55.5 Å². The first kappa shape index (κ1) is 16.2. The first-order chi connectivity index (χ1) is 10.7. The molecular weight excluding hydrogens is 274 g/mol. The van der Waals surface area contributed by atoms with Crippen LogP contribution in [0.2, 0.25) is 0 Å². The largest absolute Gasteiger partial charge is 0.377 e. The molecule has 0 aliphatic heterocycles. The highest BCUT2D eigenvalue weighted by Crippen LogP contribution is 2.12. The van der Waals surface area contributed by atoms with Crippen molar-refractivity contribution in [3.05, 3.63) is 66.2 Å². The fourth-order valence-corrected chi connectivity index (χ4v) is 2.20. The van der Waals surface area contributed by atoms with E-state index in [9.17, 15) is 4.79 Å². The van der Waals surface area contributed by atoms with Crippen LogP contribution in [0.1, 0.15) is 25.3 Å². The fourth-order valence-electron chi connectivity index (χ4n) is 2.20. The summed E-state index contributed by atoms with van der Waals surface area (Å²) in [5.74, 6) is 0.362. The molecule has 2 aromatic carbocycles. The molecule has 0 saturated carbocycles. The highest BCUT2D eigenvalue weighted by molar-refractivity contribution is 5.90. The van der Waals surface area contributed by atoms with E-state index in [1.807, 2.05) is 48.5 Å². The minimum Gasteiger partial charge on any atom is -0.377 e. The van der Waals surface area contributed by atoms with Crippen molar-refractivity contribution in [3.63, 3.8) is 0 Å². The Labute approximate surface area is 132 Å². The van der Waals surface area contributed by atoms with E-state index in [1.165, 1.54) is 5.56 Å². The quantitative estimate of drug-likeness (QED) is 0.739. The summed E-state index contributed by atoms with van der Waals surface area (Å²) in [5, 5.41) is 2.91. The van der Waals surface area contributed by atoms with Gasteiger partial charge in [-0.15, -0.1) is 0 Å². The number of ether oxygens (including phenoxy) is 1. The Morgan fingerprint density at radius 2 is 1.68 bits per heavy atom. The van der Waals surface area contributed by atoms with Gasteiger partial charge in [0.25, 0.3) is 0 Å². The van der Waals surface area contributed by atoms with Crippen LogP contribution in [0.4, 0.5) is 5.69 Å². The second kappa shape index (κ2) is 9.00. The van der Waals surface area contributed by atoms with Crippen LogP contribution in [0, 0.1) is 5.92 Å². The van der Waals surface area contributed by atoms with Crippen molar-refractivity contribution in [2.75, 3.05) is 11.9 Å². The molecule has 0 aromatic heterocycles. The molecule has 2 rings (SSSR count). The first-order valence-corrected chi connectivity index (χ1v) is 7.70. The van der Waals surface area contributed by atoms with Gasteiger partial charge in [0.1, 0.15) is 0 Å². The summed E-state index contributed by atoms with van der Waals surface area (Å²) in [4.78, 5) is 11.9. The Bertz CT molecular complexity index is 554. The fraction of sp³-hybridized carbons (Fsp3) is 0.316. The molecule has 0 saturated heterocycles. The number of nitrogens with one attached hydrogen (secondary N) is 1. The van der Waals surface area contributed by atoms with Gasteiger partial charge in [0.2, 0.25) is 5.91 Å². The van der Waals surface area contributed by atoms with E-state index in [0.29, 0.717) is 25.6 Å². The Morgan fingerprint density at radius 3 is 2.36 bits per heavy atom. The minimum absolute atomic E-state index is 0.0572. The normalized spacial score (nSPS) is 11.9. The minimum atomic E-state index is 0.0572. The zero-order chi connectivity index (χ0) is 15.6. The number of carbonyl (C=O) groups excluding carboxylic acids is 1. The summed E-state index contributed by atoms with van der Waals surface area (Å²) < 4.78 is 5.66. The van der Waals surface area contributed by atoms with Gasteiger partial charge in [0.05, 0.1) is 6.61 Å². The molecular formula is C19H23NO2. The van der Waals surface area contributed by atoms with Crippen LogP contribution in [0.25, 0.3) is 0 Å². The van der Waals surface area contributed by atoms with E-state index in [4.69, 9.17) is 4.74 Å². The van der Waals surface area contributed by atoms with Crippen LogP contribution in [-0.2, 0) is 16.1 Å². The number of anilines is 1. The average molecular weight is 297 g/mol. The van der Waals surface area contributed by atoms with Crippen molar-refractivity contribution in [3.8, 4) is 0 Å². The molecule has 1 N–H and O–H groups in total. The van der Waals surface area contributed by atoms with Crippen molar-refractivity contribution >= 4 is 11.6 Å². The Balaban J connectivity index is 1.61. The first-order valence-electron chi connectivity index (χ1n) is 7.70. The number of rotatable bonds is 8. The number of para-hydroxylation sites is 1. The van der Waals surface area contributed by atoms with Gasteiger partial charge in [-0.25, -0.2) is 0 Å². The number of carbonyl (C=O) groups is 1. The van der Waals surface area contributed by atoms with Crippen LogP contribution in [-0.4, -0.2) is 12.5 Å². The highest BCUT2D eigenvalue weighted by Gasteiger charge is 2.09. The Morgan fingerprint density at radius 1 is 1.05 bits per heavy atom. The van der Waals surface area contributed by atoms with E-state index >= 15 is 0 Å². The highest BCUT2D eigenvalue weighted by atomic mass is 16.5. The molecule has 22 heavy (non-hydrogen) atoms. The van der Waals surface area contributed by atoms with Gasteiger partial charge >= 0.3 is 0 Å². The van der Waals surface area contributed by atoms with Gasteiger partial charge in [-0.3, -0.25) is 4.79 Å². The molecule has 0 heterocycles. The molecule has 0 aliphatic rings. The molecule has 0 fully saturated rings. The van der Waals surface area contributed by atoms with E-state index in [-0.39, 0.29) is 5.91 Å². The van der Waals surface area contributed by atoms with Gasteiger partial charge < -0.3 is 10.1 Å².